The van der Waals surface area contributed by atoms with Crippen LogP contribution >= 0.6 is 0 Å². The molecule has 112 valence electrons. The van der Waals surface area contributed by atoms with Crippen molar-refractivity contribution in [1.82, 2.24) is 19.8 Å². The second-order valence-electron chi connectivity index (χ2n) is 5.43. The second kappa shape index (κ2) is 5.83. The Bertz CT molecular complexity index is 646. The summed E-state index contributed by atoms with van der Waals surface area (Å²) in [6, 6.07) is 7.10. The molecule has 21 heavy (non-hydrogen) atoms. The van der Waals surface area contributed by atoms with Gasteiger partial charge in [-0.2, -0.15) is 0 Å². The van der Waals surface area contributed by atoms with Crippen molar-refractivity contribution in [2.75, 3.05) is 26.2 Å². The third-order valence-electron chi connectivity index (χ3n) is 3.99. The third-order valence-corrected chi connectivity index (χ3v) is 3.99. The zero-order valence-corrected chi connectivity index (χ0v) is 12.1. The summed E-state index contributed by atoms with van der Waals surface area (Å²) in [5.41, 5.74) is 1.74. The number of piperazine rings is 1. The Morgan fingerprint density at radius 3 is 2.81 bits per heavy atom. The molecule has 1 saturated heterocycles. The standard InChI is InChI=1S/C15H20N4O2/c1-11(15(20)21)19-13-5-3-2-4-12(13)17-14(19)10-18-8-6-16-7-9-18/h2-5,11,16H,6-10H2,1H3,(H,20,21). The molecule has 0 radical (unpaired) electrons. The van der Waals surface area contributed by atoms with Crippen LogP contribution in [0.15, 0.2) is 24.3 Å². The van der Waals surface area contributed by atoms with Gasteiger partial charge in [0.1, 0.15) is 11.9 Å². The molecule has 0 aliphatic carbocycles. The average Bonchev–Trinajstić information content (AvgIpc) is 2.85. The Balaban J connectivity index is 1.99. The quantitative estimate of drug-likeness (QED) is 0.881. The van der Waals surface area contributed by atoms with Gasteiger partial charge in [-0.1, -0.05) is 12.1 Å². The zero-order valence-electron chi connectivity index (χ0n) is 12.1. The van der Waals surface area contributed by atoms with Crippen molar-refractivity contribution < 1.29 is 9.90 Å². The van der Waals surface area contributed by atoms with E-state index in [-0.39, 0.29) is 0 Å². The van der Waals surface area contributed by atoms with Gasteiger partial charge in [0.05, 0.1) is 17.6 Å². The molecule has 2 N–H and O–H groups in total. The van der Waals surface area contributed by atoms with E-state index in [1.54, 1.807) is 6.92 Å². The molecule has 0 saturated carbocycles. The van der Waals surface area contributed by atoms with Crippen LogP contribution in [0.3, 0.4) is 0 Å². The minimum atomic E-state index is -0.834. The van der Waals surface area contributed by atoms with Crippen molar-refractivity contribution in [2.24, 2.45) is 0 Å². The van der Waals surface area contributed by atoms with Gasteiger partial charge in [0.15, 0.2) is 0 Å². The molecule has 1 aromatic heterocycles. The molecular formula is C15H20N4O2. The van der Waals surface area contributed by atoms with E-state index in [2.05, 4.69) is 15.2 Å². The minimum Gasteiger partial charge on any atom is -0.480 e. The van der Waals surface area contributed by atoms with Gasteiger partial charge in [-0.15, -0.1) is 0 Å². The van der Waals surface area contributed by atoms with E-state index in [0.717, 1.165) is 43.0 Å². The smallest absolute Gasteiger partial charge is 0.326 e. The van der Waals surface area contributed by atoms with Crippen LogP contribution in [0.25, 0.3) is 11.0 Å². The predicted molar refractivity (Wildman–Crippen MR) is 80.2 cm³/mol. The number of aromatic nitrogens is 2. The largest absolute Gasteiger partial charge is 0.480 e. The molecule has 1 atom stereocenters. The summed E-state index contributed by atoms with van der Waals surface area (Å²) >= 11 is 0. The fourth-order valence-corrected chi connectivity index (χ4v) is 2.82. The summed E-state index contributed by atoms with van der Waals surface area (Å²) < 4.78 is 1.85. The lowest BCUT2D eigenvalue weighted by molar-refractivity contribution is -0.140. The van der Waals surface area contributed by atoms with Gasteiger partial charge in [0, 0.05) is 26.2 Å². The highest BCUT2D eigenvalue weighted by Crippen LogP contribution is 2.22. The van der Waals surface area contributed by atoms with Crippen molar-refractivity contribution in [3.8, 4) is 0 Å². The van der Waals surface area contributed by atoms with Crippen LogP contribution in [0.2, 0.25) is 0 Å². The summed E-state index contributed by atoms with van der Waals surface area (Å²) in [6.45, 7) is 6.25. The topological polar surface area (TPSA) is 70.4 Å². The maximum absolute atomic E-state index is 11.4. The van der Waals surface area contributed by atoms with E-state index < -0.39 is 12.0 Å². The van der Waals surface area contributed by atoms with Gasteiger partial charge in [-0.05, 0) is 19.1 Å². The van der Waals surface area contributed by atoms with Crippen molar-refractivity contribution >= 4 is 17.0 Å². The third kappa shape index (κ3) is 2.77. The Morgan fingerprint density at radius 2 is 2.10 bits per heavy atom. The van der Waals surface area contributed by atoms with E-state index >= 15 is 0 Å². The molecule has 1 fully saturated rings. The van der Waals surface area contributed by atoms with Crippen LogP contribution < -0.4 is 5.32 Å². The van der Waals surface area contributed by atoms with Crippen molar-refractivity contribution in [2.45, 2.75) is 19.5 Å². The lowest BCUT2D eigenvalue weighted by atomic mass is 10.2. The number of benzene rings is 1. The Labute approximate surface area is 123 Å². The van der Waals surface area contributed by atoms with Crippen LogP contribution in [0, 0.1) is 0 Å². The number of aliphatic carboxylic acids is 1. The number of rotatable bonds is 4. The molecular weight excluding hydrogens is 268 g/mol. The first-order valence-corrected chi connectivity index (χ1v) is 7.28. The molecule has 0 amide bonds. The normalized spacial score (nSPS) is 18.0. The first-order chi connectivity index (χ1) is 10.2. The number of hydrogen-bond acceptors (Lipinski definition) is 4. The Hall–Kier alpha value is -1.92. The zero-order chi connectivity index (χ0) is 14.8. The predicted octanol–water partition coefficient (Wildman–Crippen LogP) is 1.09. The maximum Gasteiger partial charge on any atom is 0.326 e. The molecule has 1 aromatic carbocycles. The minimum absolute atomic E-state index is 0.615. The molecule has 6 nitrogen and oxygen atoms in total. The lowest BCUT2D eigenvalue weighted by Gasteiger charge is -2.27. The molecule has 2 aromatic rings. The van der Waals surface area contributed by atoms with Crippen LogP contribution in [-0.4, -0.2) is 51.7 Å². The number of nitrogens with one attached hydrogen (secondary N) is 1. The summed E-state index contributed by atoms with van der Waals surface area (Å²) in [6.07, 6.45) is 0. The lowest BCUT2D eigenvalue weighted by Crippen LogP contribution is -2.43. The number of imidazole rings is 1. The molecule has 1 aliphatic heterocycles. The number of carbonyl (C=O) groups is 1. The maximum atomic E-state index is 11.4. The summed E-state index contributed by atoms with van der Waals surface area (Å²) in [5, 5.41) is 12.7. The van der Waals surface area contributed by atoms with E-state index in [0.29, 0.717) is 6.54 Å². The SMILES string of the molecule is CC(C(=O)O)n1c(CN2CCNCC2)nc2ccccc21. The van der Waals surface area contributed by atoms with E-state index in [9.17, 15) is 9.90 Å². The van der Waals surface area contributed by atoms with Crippen molar-refractivity contribution in [3.05, 3.63) is 30.1 Å². The van der Waals surface area contributed by atoms with Crippen molar-refractivity contribution in [1.29, 1.82) is 0 Å². The van der Waals surface area contributed by atoms with Crippen LogP contribution in [0.1, 0.15) is 18.8 Å². The molecule has 3 rings (SSSR count). The summed E-state index contributed by atoms with van der Waals surface area (Å²) in [5.74, 6) is -0.00675. The highest BCUT2D eigenvalue weighted by Gasteiger charge is 2.22. The van der Waals surface area contributed by atoms with Crippen molar-refractivity contribution in [3.63, 3.8) is 0 Å². The number of carboxylic acids is 1. The number of carboxylic acid groups (broad SMARTS) is 1. The number of hydrogen-bond donors (Lipinski definition) is 2. The van der Waals surface area contributed by atoms with Gasteiger partial charge in [0.2, 0.25) is 0 Å². The molecule has 0 bridgehead atoms. The van der Waals surface area contributed by atoms with Gasteiger partial charge < -0.3 is 15.0 Å². The number of para-hydroxylation sites is 2. The Kier molecular flexibility index (Phi) is 3.90. The number of nitrogens with zero attached hydrogens (tertiary/aromatic N) is 3. The molecule has 0 spiro atoms. The van der Waals surface area contributed by atoms with Gasteiger partial charge in [0.25, 0.3) is 0 Å². The number of fused-ring (bicyclic) bond motifs is 1. The van der Waals surface area contributed by atoms with Crippen LogP contribution in [0.5, 0.6) is 0 Å². The van der Waals surface area contributed by atoms with Gasteiger partial charge in [-0.25, -0.2) is 9.78 Å². The van der Waals surface area contributed by atoms with Gasteiger partial charge >= 0.3 is 5.97 Å². The first kappa shape index (κ1) is 14.0. The molecule has 1 aliphatic rings. The van der Waals surface area contributed by atoms with Gasteiger partial charge in [-0.3, -0.25) is 4.90 Å². The molecule has 2 heterocycles. The molecule has 6 heteroatoms. The second-order valence-corrected chi connectivity index (χ2v) is 5.43. The van der Waals surface area contributed by atoms with E-state index in [1.807, 2.05) is 28.8 Å². The average molecular weight is 288 g/mol. The fourth-order valence-electron chi connectivity index (χ4n) is 2.82. The Morgan fingerprint density at radius 1 is 1.38 bits per heavy atom. The monoisotopic (exact) mass is 288 g/mol. The van der Waals surface area contributed by atoms with E-state index in [1.165, 1.54) is 0 Å². The highest BCUT2D eigenvalue weighted by molar-refractivity contribution is 5.80. The van der Waals surface area contributed by atoms with Crippen LogP contribution in [0.4, 0.5) is 0 Å². The first-order valence-electron chi connectivity index (χ1n) is 7.28. The summed E-state index contributed by atoms with van der Waals surface area (Å²) in [7, 11) is 0. The van der Waals surface area contributed by atoms with Crippen LogP contribution in [-0.2, 0) is 11.3 Å². The fraction of sp³-hybridized carbons (Fsp3) is 0.467. The molecule has 1 unspecified atom stereocenters. The highest BCUT2D eigenvalue weighted by atomic mass is 16.4. The summed E-state index contributed by atoms with van der Waals surface area (Å²) in [4.78, 5) is 18.4. The van der Waals surface area contributed by atoms with E-state index in [4.69, 9.17) is 0 Å².